The van der Waals surface area contributed by atoms with Gasteiger partial charge in [0.15, 0.2) is 13.2 Å². The topological polar surface area (TPSA) is 198 Å². The van der Waals surface area contributed by atoms with Gasteiger partial charge >= 0.3 is 23.9 Å². The quantitative estimate of drug-likeness (QED) is 0.133. The highest BCUT2D eigenvalue weighted by atomic mass is 16.5. The van der Waals surface area contributed by atoms with Crippen molar-refractivity contribution in [2.24, 2.45) is 0 Å². The predicted octanol–water partition coefficient (Wildman–Crippen LogP) is -3.65. The summed E-state index contributed by atoms with van der Waals surface area (Å²) in [5, 5.41) is 3.85. The molecule has 2 amide bonds. The summed E-state index contributed by atoms with van der Waals surface area (Å²) in [4.78, 5) is 89.7. The number of methoxy groups -OCH3 is 2. The standard InChI is InChI=1S/C16H18N2O12/c1-27-13(23)5-17-15(25)9(19)7-29-11(21)3-4-12(22)30-8-10(20)16(26)18-6-14(24)28-2/h3-4H,5-8H2,1-2H3,(H,17,25)(H,18,26)/b4-3+. The van der Waals surface area contributed by atoms with Crippen LogP contribution in [0.25, 0.3) is 0 Å². The van der Waals surface area contributed by atoms with E-state index >= 15 is 0 Å². The van der Waals surface area contributed by atoms with Gasteiger partial charge in [-0.1, -0.05) is 0 Å². The lowest BCUT2D eigenvalue weighted by atomic mass is 10.4. The Morgan fingerprint density at radius 1 is 0.633 bits per heavy atom. The van der Waals surface area contributed by atoms with Crippen LogP contribution in [0, 0.1) is 0 Å². The number of ketones is 2. The Kier molecular flexibility index (Phi) is 12.1. The van der Waals surface area contributed by atoms with Gasteiger partial charge in [-0.25, -0.2) is 9.59 Å². The second-order valence-electron chi connectivity index (χ2n) is 4.91. The number of nitrogens with one attached hydrogen (secondary N) is 2. The molecule has 2 N–H and O–H groups in total. The average molecular weight is 430 g/mol. The number of esters is 4. The van der Waals surface area contributed by atoms with E-state index in [-0.39, 0.29) is 0 Å². The summed E-state index contributed by atoms with van der Waals surface area (Å²) in [6.45, 7) is -3.05. The molecule has 14 heteroatoms. The Labute approximate surface area is 168 Å². The minimum Gasteiger partial charge on any atom is -0.468 e. The zero-order valence-corrected chi connectivity index (χ0v) is 15.9. The van der Waals surface area contributed by atoms with Crippen molar-refractivity contribution in [3.8, 4) is 0 Å². The molecule has 0 unspecified atom stereocenters. The molecule has 0 atom stereocenters. The van der Waals surface area contributed by atoms with E-state index in [9.17, 15) is 38.4 Å². The van der Waals surface area contributed by atoms with Gasteiger partial charge in [0.2, 0.25) is 0 Å². The second-order valence-corrected chi connectivity index (χ2v) is 4.91. The Morgan fingerprint density at radius 2 is 0.967 bits per heavy atom. The third kappa shape index (κ3) is 11.6. The summed E-state index contributed by atoms with van der Waals surface area (Å²) in [5.74, 6) is -8.71. The summed E-state index contributed by atoms with van der Waals surface area (Å²) < 4.78 is 17.3. The van der Waals surface area contributed by atoms with E-state index in [1.165, 1.54) is 0 Å². The molecule has 0 heterocycles. The van der Waals surface area contributed by atoms with Crippen LogP contribution in [0.4, 0.5) is 0 Å². The van der Waals surface area contributed by atoms with Gasteiger partial charge in [-0.15, -0.1) is 0 Å². The second kappa shape index (κ2) is 14.0. The van der Waals surface area contributed by atoms with Gasteiger partial charge in [0, 0.05) is 12.2 Å². The minimum absolute atomic E-state index is 0.545. The molecule has 0 fully saturated rings. The molecule has 0 aromatic rings. The van der Waals surface area contributed by atoms with Gasteiger partial charge in [0.25, 0.3) is 23.4 Å². The SMILES string of the molecule is COC(=O)CNC(=O)C(=O)COC(=O)/C=C/C(=O)OCC(=O)C(=O)NCC(=O)OC. The summed E-state index contributed by atoms with van der Waals surface area (Å²) in [6.07, 6.45) is 1.09. The first-order valence-electron chi connectivity index (χ1n) is 7.88. The molecular formula is C16H18N2O12. The lowest BCUT2D eigenvalue weighted by Gasteiger charge is -2.04. The largest absolute Gasteiger partial charge is 0.468 e. The van der Waals surface area contributed by atoms with Crippen molar-refractivity contribution in [1.29, 1.82) is 0 Å². The molecule has 14 nitrogen and oxygen atoms in total. The zero-order chi connectivity index (χ0) is 23.1. The van der Waals surface area contributed by atoms with Gasteiger partial charge in [-0.05, 0) is 0 Å². The first-order chi connectivity index (χ1) is 14.1. The molecule has 0 rings (SSSR count). The van der Waals surface area contributed by atoms with Crippen molar-refractivity contribution in [1.82, 2.24) is 10.6 Å². The van der Waals surface area contributed by atoms with E-state index in [0.717, 1.165) is 14.2 Å². The smallest absolute Gasteiger partial charge is 0.331 e. The highest BCUT2D eigenvalue weighted by molar-refractivity contribution is 6.37. The van der Waals surface area contributed by atoms with Crippen LogP contribution in [-0.4, -0.2) is 87.8 Å². The average Bonchev–Trinajstić information content (AvgIpc) is 2.75. The molecule has 0 spiro atoms. The Balaban J connectivity index is 4.22. The summed E-state index contributed by atoms with van der Waals surface area (Å²) in [6, 6.07) is 0. The van der Waals surface area contributed by atoms with Gasteiger partial charge in [0.1, 0.15) is 13.1 Å². The molecule has 0 aliphatic rings. The van der Waals surface area contributed by atoms with E-state index in [0.29, 0.717) is 12.2 Å². The van der Waals surface area contributed by atoms with Crippen molar-refractivity contribution < 1.29 is 57.3 Å². The molecule has 30 heavy (non-hydrogen) atoms. The van der Waals surface area contributed by atoms with Crippen LogP contribution in [0.3, 0.4) is 0 Å². The monoisotopic (exact) mass is 430 g/mol. The predicted molar refractivity (Wildman–Crippen MR) is 91.1 cm³/mol. The Bertz CT molecular complexity index is 693. The maximum atomic E-state index is 11.4. The van der Waals surface area contributed by atoms with E-state index in [4.69, 9.17) is 0 Å². The van der Waals surface area contributed by atoms with Crippen molar-refractivity contribution in [3.05, 3.63) is 12.2 Å². The number of carbonyl (C=O) groups excluding carboxylic acids is 8. The number of amides is 2. The van der Waals surface area contributed by atoms with Gasteiger partial charge < -0.3 is 29.6 Å². The molecule has 0 aromatic carbocycles. The van der Waals surface area contributed by atoms with Crippen molar-refractivity contribution in [2.75, 3.05) is 40.5 Å². The number of Topliss-reactive ketones (excluding diaryl/α,β-unsaturated/α-hetero) is 2. The van der Waals surface area contributed by atoms with Crippen LogP contribution in [-0.2, 0) is 57.3 Å². The number of ether oxygens (including phenoxy) is 4. The van der Waals surface area contributed by atoms with Crippen molar-refractivity contribution >= 4 is 47.3 Å². The fraction of sp³-hybridized carbons (Fsp3) is 0.375. The fourth-order valence-corrected chi connectivity index (χ4v) is 1.28. The minimum atomic E-state index is -1.19. The van der Waals surface area contributed by atoms with Crippen LogP contribution >= 0.6 is 0 Å². The molecular weight excluding hydrogens is 412 g/mol. The first kappa shape index (κ1) is 25.9. The van der Waals surface area contributed by atoms with E-state index < -0.39 is 73.6 Å². The molecule has 0 radical (unpaired) electrons. The van der Waals surface area contributed by atoms with Crippen LogP contribution in [0.5, 0.6) is 0 Å². The number of hydrogen-bond acceptors (Lipinski definition) is 12. The number of hydrogen-bond donors (Lipinski definition) is 2. The maximum absolute atomic E-state index is 11.4. The molecule has 0 saturated heterocycles. The van der Waals surface area contributed by atoms with Crippen LogP contribution in [0.2, 0.25) is 0 Å². The number of carbonyl (C=O) groups is 8. The number of rotatable bonds is 12. The van der Waals surface area contributed by atoms with Crippen LogP contribution in [0.15, 0.2) is 12.2 Å². The summed E-state index contributed by atoms with van der Waals surface area (Å²) in [5.41, 5.74) is 0. The third-order valence-electron chi connectivity index (χ3n) is 2.79. The molecule has 0 bridgehead atoms. The van der Waals surface area contributed by atoms with Crippen LogP contribution in [0.1, 0.15) is 0 Å². The van der Waals surface area contributed by atoms with E-state index in [2.05, 4.69) is 18.9 Å². The van der Waals surface area contributed by atoms with Gasteiger partial charge in [-0.2, -0.15) is 0 Å². The van der Waals surface area contributed by atoms with Crippen LogP contribution < -0.4 is 10.6 Å². The highest BCUT2D eigenvalue weighted by Crippen LogP contribution is 1.88. The van der Waals surface area contributed by atoms with Gasteiger partial charge in [-0.3, -0.25) is 28.8 Å². The fourth-order valence-electron chi connectivity index (χ4n) is 1.28. The van der Waals surface area contributed by atoms with Crippen molar-refractivity contribution in [2.45, 2.75) is 0 Å². The molecule has 0 aromatic heterocycles. The Hall–Kier alpha value is -4.10. The normalized spacial score (nSPS) is 9.80. The lowest BCUT2D eigenvalue weighted by molar-refractivity contribution is -0.149. The molecule has 0 saturated carbocycles. The summed E-state index contributed by atoms with van der Waals surface area (Å²) >= 11 is 0. The molecule has 0 aliphatic carbocycles. The highest BCUT2D eigenvalue weighted by Gasteiger charge is 2.18. The molecule has 0 aliphatic heterocycles. The lowest BCUT2D eigenvalue weighted by Crippen LogP contribution is -2.37. The zero-order valence-electron chi connectivity index (χ0n) is 15.9. The van der Waals surface area contributed by atoms with E-state index in [1.54, 1.807) is 0 Å². The van der Waals surface area contributed by atoms with Gasteiger partial charge in [0.05, 0.1) is 14.2 Å². The third-order valence-corrected chi connectivity index (χ3v) is 2.79. The Morgan fingerprint density at radius 3 is 1.27 bits per heavy atom. The summed E-state index contributed by atoms with van der Waals surface area (Å²) in [7, 11) is 2.15. The van der Waals surface area contributed by atoms with E-state index in [1.807, 2.05) is 10.6 Å². The first-order valence-corrected chi connectivity index (χ1v) is 7.88. The van der Waals surface area contributed by atoms with Crippen molar-refractivity contribution in [3.63, 3.8) is 0 Å². The molecule has 164 valence electrons. The maximum Gasteiger partial charge on any atom is 0.331 e.